The number of rotatable bonds is 8. The first-order valence-electron chi connectivity index (χ1n) is 16.6. The van der Waals surface area contributed by atoms with Crippen LogP contribution in [0, 0.1) is 19.7 Å². The second-order valence-corrected chi connectivity index (χ2v) is 12.8. The predicted octanol–water partition coefficient (Wildman–Crippen LogP) is 7.56. The fourth-order valence-electron chi connectivity index (χ4n) is 6.89. The summed E-state index contributed by atoms with van der Waals surface area (Å²) in [5.41, 5.74) is 8.69. The van der Waals surface area contributed by atoms with Crippen LogP contribution in [-0.2, 0) is 0 Å². The third kappa shape index (κ3) is 7.41. The van der Waals surface area contributed by atoms with Gasteiger partial charge in [-0.2, -0.15) is 0 Å². The van der Waals surface area contributed by atoms with Gasteiger partial charge in [-0.25, -0.2) is 4.39 Å². The van der Waals surface area contributed by atoms with Crippen LogP contribution >= 0.6 is 0 Å². The summed E-state index contributed by atoms with van der Waals surface area (Å²) in [6, 6.07) is 29.6. The minimum Gasteiger partial charge on any atom is -0.371 e. The van der Waals surface area contributed by atoms with E-state index in [2.05, 4.69) is 69.8 Å². The van der Waals surface area contributed by atoms with E-state index in [1.54, 1.807) is 6.07 Å². The van der Waals surface area contributed by atoms with Crippen LogP contribution in [0.4, 0.5) is 10.1 Å². The van der Waals surface area contributed by atoms with Gasteiger partial charge in [0.1, 0.15) is 5.82 Å². The molecule has 0 radical (unpaired) electrons. The van der Waals surface area contributed by atoms with Crippen LogP contribution in [0.1, 0.15) is 58.4 Å². The van der Waals surface area contributed by atoms with Crippen molar-refractivity contribution in [2.24, 2.45) is 0 Å². The molecule has 2 aliphatic rings. The maximum absolute atomic E-state index is 14.5. The molecule has 2 saturated heterocycles. The summed E-state index contributed by atoms with van der Waals surface area (Å²) < 4.78 is 14.5. The van der Waals surface area contributed by atoms with E-state index in [-0.39, 0.29) is 11.7 Å². The molecule has 0 aromatic heterocycles. The number of piperidine rings is 1. The van der Waals surface area contributed by atoms with Gasteiger partial charge in [0, 0.05) is 56.6 Å². The smallest absolute Gasteiger partial charge is 0.252 e. The van der Waals surface area contributed by atoms with Crippen LogP contribution in [0.15, 0.2) is 96.6 Å². The van der Waals surface area contributed by atoms with E-state index in [0.717, 1.165) is 78.2 Å². The minimum absolute atomic E-state index is 0.197. The molecule has 1 atom stereocenters. The van der Waals surface area contributed by atoms with Crippen LogP contribution in [0.25, 0.3) is 17.2 Å². The number of benzene rings is 4. The van der Waals surface area contributed by atoms with Crippen LogP contribution in [0.5, 0.6) is 0 Å². The topological polar surface area (TPSA) is 47.6 Å². The molecule has 6 heteroatoms. The van der Waals surface area contributed by atoms with Gasteiger partial charge in [0.25, 0.3) is 5.91 Å². The lowest BCUT2D eigenvalue weighted by Gasteiger charge is -2.41. The van der Waals surface area contributed by atoms with Gasteiger partial charge in [0.15, 0.2) is 0 Å². The lowest BCUT2D eigenvalue weighted by Crippen LogP contribution is -2.52. The van der Waals surface area contributed by atoms with Crippen molar-refractivity contribution in [3.05, 3.63) is 130 Å². The first kappa shape index (κ1) is 31.7. The van der Waals surface area contributed by atoms with Crippen molar-refractivity contribution in [1.82, 2.24) is 15.5 Å². The van der Waals surface area contributed by atoms with Gasteiger partial charge >= 0.3 is 0 Å². The molecule has 46 heavy (non-hydrogen) atoms. The molecule has 4 aromatic rings. The molecule has 0 saturated carbocycles. The number of nitrogens with one attached hydrogen (secondary N) is 2. The van der Waals surface area contributed by atoms with Gasteiger partial charge in [-0.1, -0.05) is 60.7 Å². The van der Waals surface area contributed by atoms with Gasteiger partial charge in [0.05, 0.1) is 6.04 Å². The molecule has 2 aliphatic heterocycles. The molecule has 0 unspecified atom stereocenters. The number of anilines is 1. The number of carbonyl (C=O) groups excluding carboxylic acids is 1. The second kappa shape index (κ2) is 14.4. The second-order valence-electron chi connectivity index (χ2n) is 12.8. The molecule has 238 valence electrons. The van der Waals surface area contributed by atoms with Crippen LogP contribution in [-0.4, -0.2) is 56.1 Å². The number of piperazine rings is 1. The van der Waals surface area contributed by atoms with E-state index in [0.29, 0.717) is 11.6 Å². The fourth-order valence-corrected chi connectivity index (χ4v) is 6.89. The van der Waals surface area contributed by atoms with Crippen molar-refractivity contribution in [3.63, 3.8) is 0 Å². The molecular weight excluding hydrogens is 571 g/mol. The Labute approximate surface area is 273 Å². The van der Waals surface area contributed by atoms with E-state index in [1.165, 1.54) is 30.7 Å². The molecule has 6 rings (SSSR count). The molecule has 2 N–H and O–H groups in total. The van der Waals surface area contributed by atoms with Crippen LogP contribution < -0.4 is 15.5 Å². The van der Waals surface area contributed by atoms with E-state index < -0.39 is 6.04 Å². The first-order valence-corrected chi connectivity index (χ1v) is 16.6. The Hall–Kier alpha value is -4.26. The maximum Gasteiger partial charge on any atom is 0.252 e. The highest BCUT2D eigenvalue weighted by Gasteiger charge is 2.26. The number of hydrogen-bond donors (Lipinski definition) is 2. The standard InChI is InChI=1S/C40H45FN4O/c1-28-7-4-5-8-32(28)25-30(3)39(38-27-35(41)14-11-29(38)2)43-40(46)34-10-6-9-33(26-34)31-12-15-36(16-13-31)44-21-17-37(18-22-44)45-23-19-42-20-24-45/h4-16,25-27,37,39,42H,17-24H2,1-3H3,(H,43,46)/b30-25+/t39-/m0/s1. The summed E-state index contributed by atoms with van der Waals surface area (Å²) in [5, 5.41) is 6.69. The number of aryl methyl sites for hydroxylation is 2. The van der Waals surface area contributed by atoms with Crippen molar-refractivity contribution in [2.75, 3.05) is 44.2 Å². The molecule has 0 aliphatic carbocycles. The average Bonchev–Trinajstić information content (AvgIpc) is 3.10. The molecule has 5 nitrogen and oxygen atoms in total. The number of carbonyl (C=O) groups is 1. The van der Waals surface area contributed by atoms with Gasteiger partial charge in [-0.05, 0) is 109 Å². The quantitative estimate of drug-likeness (QED) is 0.215. The van der Waals surface area contributed by atoms with Crippen LogP contribution in [0.2, 0.25) is 0 Å². The normalized spacial score (nSPS) is 17.1. The number of halogens is 1. The lowest BCUT2D eigenvalue weighted by molar-refractivity contribution is 0.0942. The third-order valence-electron chi connectivity index (χ3n) is 9.68. The summed E-state index contributed by atoms with van der Waals surface area (Å²) in [4.78, 5) is 18.9. The Kier molecular flexibility index (Phi) is 9.96. The Bertz CT molecular complexity index is 1680. The van der Waals surface area contributed by atoms with Crippen molar-refractivity contribution >= 4 is 17.7 Å². The van der Waals surface area contributed by atoms with Crippen molar-refractivity contribution in [3.8, 4) is 11.1 Å². The van der Waals surface area contributed by atoms with Crippen LogP contribution in [0.3, 0.4) is 0 Å². The van der Waals surface area contributed by atoms with Gasteiger partial charge in [0.2, 0.25) is 0 Å². The largest absolute Gasteiger partial charge is 0.371 e. The van der Waals surface area contributed by atoms with E-state index in [4.69, 9.17) is 0 Å². The summed E-state index contributed by atoms with van der Waals surface area (Å²) in [6.07, 6.45) is 4.49. The molecule has 2 fully saturated rings. The summed E-state index contributed by atoms with van der Waals surface area (Å²) >= 11 is 0. The molecular formula is C40H45FN4O. The predicted molar refractivity (Wildman–Crippen MR) is 188 cm³/mol. The van der Waals surface area contributed by atoms with Crippen molar-refractivity contribution in [1.29, 1.82) is 0 Å². The fraction of sp³-hybridized carbons (Fsp3) is 0.325. The molecule has 0 bridgehead atoms. The summed E-state index contributed by atoms with van der Waals surface area (Å²) in [7, 11) is 0. The Morgan fingerprint density at radius 3 is 2.33 bits per heavy atom. The Morgan fingerprint density at radius 2 is 1.59 bits per heavy atom. The first-order chi connectivity index (χ1) is 22.4. The monoisotopic (exact) mass is 616 g/mol. The zero-order valence-electron chi connectivity index (χ0n) is 27.2. The number of hydrogen-bond acceptors (Lipinski definition) is 4. The number of amides is 1. The highest BCUT2D eigenvalue weighted by Crippen LogP contribution is 2.30. The molecule has 1 amide bonds. The van der Waals surface area contributed by atoms with E-state index in [9.17, 15) is 9.18 Å². The van der Waals surface area contributed by atoms with Crippen molar-refractivity contribution < 1.29 is 9.18 Å². The lowest BCUT2D eigenvalue weighted by atomic mass is 9.93. The summed E-state index contributed by atoms with van der Waals surface area (Å²) in [5.74, 6) is -0.519. The Balaban J connectivity index is 1.18. The molecule has 0 spiro atoms. The molecule has 4 aromatic carbocycles. The number of nitrogens with zero attached hydrogens (tertiary/aromatic N) is 2. The maximum atomic E-state index is 14.5. The highest BCUT2D eigenvalue weighted by atomic mass is 19.1. The van der Waals surface area contributed by atoms with Gasteiger partial charge in [-0.3, -0.25) is 9.69 Å². The van der Waals surface area contributed by atoms with E-state index >= 15 is 0 Å². The minimum atomic E-state index is -0.485. The van der Waals surface area contributed by atoms with Gasteiger partial charge in [-0.15, -0.1) is 0 Å². The Morgan fingerprint density at radius 1 is 0.848 bits per heavy atom. The molecule has 2 heterocycles. The summed E-state index contributed by atoms with van der Waals surface area (Å²) in [6.45, 7) is 12.7. The third-order valence-corrected chi connectivity index (χ3v) is 9.68. The zero-order chi connectivity index (χ0) is 32.0. The van der Waals surface area contributed by atoms with Gasteiger partial charge < -0.3 is 15.5 Å². The SMILES string of the molecule is C/C(=C\c1ccccc1C)[C@H](NC(=O)c1cccc(-c2ccc(N3CCC(N4CCNCC4)CC3)cc2)c1)c1cc(F)ccc1C. The average molecular weight is 617 g/mol. The van der Waals surface area contributed by atoms with Crippen molar-refractivity contribution in [2.45, 2.75) is 45.7 Å². The highest BCUT2D eigenvalue weighted by molar-refractivity contribution is 5.96. The van der Waals surface area contributed by atoms with E-state index in [1.807, 2.05) is 50.2 Å². The zero-order valence-corrected chi connectivity index (χ0v) is 27.2.